The van der Waals surface area contributed by atoms with Crippen molar-refractivity contribution in [2.75, 3.05) is 30.4 Å². The molecule has 1 aliphatic rings. The van der Waals surface area contributed by atoms with E-state index in [-0.39, 0.29) is 5.82 Å². The summed E-state index contributed by atoms with van der Waals surface area (Å²) in [5.41, 5.74) is 4.50. The Hall–Kier alpha value is -3.02. The van der Waals surface area contributed by atoms with Gasteiger partial charge in [0.15, 0.2) is 5.58 Å². The second-order valence-corrected chi connectivity index (χ2v) is 6.86. The predicted molar refractivity (Wildman–Crippen MR) is 99.3 cm³/mol. The number of hydrogen-bond acceptors (Lipinski definition) is 5. The minimum Gasteiger partial charge on any atom is -0.461 e. The first-order valence-electron chi connectivity index (χ1n) is 8.61. The lowest BCUT2D eigenvalue weighted by atomic mass is 10.0. The Morgan fingerprint density at radius 1 is 1.08 bits per heavy atom. The van der Waals surface area contributed by atoms with Gasteiger partial charge in [0.1, 0.15) is 22.7 Å². The maximum absolute atomic E-state index is 13.7. The van der Waals surface area contributed by atoms with Gasteiger partial charge in [0, 0.05) is 50.2 Å². The molecule has 2 aromatic heterocycles. The van der Waals surface area contributed by atoms with E-state index in [0.29, 0.717) is 12.6 Å². The number of hydrogen-bond donors (Lipinski definition) is 0. The number of rotatable bonds is 2. The molecule has 26 heavy (non-hydrogen) atoms. The molecule has 2 aromatic carbocycles. The molecule has 5 nitrogen and oxygen atoms in total. The highest BCUT2D eigenvalue weighted by Crippen LogP contribution is 2.34. The summed E-state index contributed by atoms with van der Waals surface area (Å²) in [6.45, 7) is 1.54. The van der Waals surface area contributed by atoms with Crippen molar-refractivity contribution in [2.45, 2.75) is 13.0 Å². The van der Waals surface area contributed by atoms with Crippen LogP contribution < -0.4 is 9.80 Å². The molecule has 0 N–H and O–H groups in total. The van der Waals surface area contributed by atoms with E-state index >= 15 is 0 Å². The van der Waals surface area contributed by atoms with Crippen molar-refractivity contribution in [3.63, 3.8) is 0 Å². The molecule has 0 saturated heterocycles. The zero-order valence-electron chi connectivity index (χ0n) is 14.6. The van der Waals surface area contributed by atoms with Gasteiger partial charge < -0.3 is 18.6 Å². The molecule has 132 valence electrons. The lowest BCUT2D eigenvalue weighted by molar-refractivity contribution is 0.520. The summed E-state index contributed by atoms with van der Waals surface area (Å²) < 4.78 is 25.3. The quantitative estimate of drug-likeness (QED) is 0.537. The Morgan fingerprint density at radius 3 is 2.77 bits per heavy atom. The van der Waals surface area contributed by atoms with Gasteiger partial charge in [0.25, 0.3) is 6.01 Å². The van der Waals surface area contributed by atoms with Crippen molar-refractivity contribution in [3.05, 3.63) is 53.5 Å². The van der Waals surface area contributed by atoms with Crippen LogP contribution in [0.2, 0.25) is 0 Å². The first-order valence-corrected chi connectivity index (χ1v) is 8.61. The molecule has 3 heterocycles. The summed E-state index contributed by atoms with van der Waals surface area (Å²) in [7, 11) is 3.81. The van der Waals surface area contributed by atoms with Gasteiger partial charge in [0.05, 0.1) is 0 Å². The van der Waals surface area contributed by atoms with Gasteiger partial charge >= 0.3 is 0 Å². The average Bonchev–Trinajstić information content (AvgIpc) is 3.21. The Balaban J connectivity index is 1.53. The van der Waals surface area contributed by atoms with Crippen molar-refractivity contribution < 1.29 is 13.2 Å². The summed E-state index contributed by atoms with van der Waals surface area (Å²) in [6, 6.07) is 11.3. The van der Waals surface area contributed by atoms with E-state index in [4.69, 9.17) is 8.83 Å². The first kappa shape index (κ1) is 15.3. The minimum atomic E-state index is -0.238. The van der Waals surface area contributed by atoms with Gasteiger partial charge in [-0.05, 0) is 36.4 Å². The SMILES string of the molecule is CN(C)c1nc2cc(N3CCc4oc5ccc(F)cc5c4C3)ccc2o1. The zero-order chi connectivity index (χ0) is 17.8. The number of furan rings is 1. The number of nitrogens with zero attached hydrogens (tertiary/aromatic N) is 3. The molecule has 0 bridgehead atoms. The summed E-state index contributed by atoms with van der Waals surface area (Å²) in [4.78, 5) is 8.64. The molecule has 0 aliphatic carbocycles. The van der Waals surface area contributed by atoms with E-state index in [1.54, 1.807) is 12.1 Å². The normalized spacial score (nSPS) is 14.2. The van der Waals surface area contributed by atoms with E-state index in [9.17, 15) is 4.39 Å². The predicted octanol–water partition coefficient (Wildman–Crippen LogP) is 4.34. The number of oxazole rings is 1. The number of halogens is 1. The largest absolute Gasteiger partial charge is 0.461 e. The first-order chi connectivity index (χ1) is 12.6. The second-order valence-electron chi connectivity index (χ2n) is 6.86. The van der Waals surface area contributed by atoms with Gasteiger partial charge in [-0.15, -0.1) is 0 Å². The highest BCUT2D eigenvalue weighted by atomic mass is 19.1. The van der Waals surface area contributed by atoms with E-state index in [0.717, 1.165) is 52.0 Å². The van der Waals surface area contributed by atoms with Gasteiger partial charge in [-0.2, -0.15) is 4.98 Å². The van der Waals surface area contributed by atoms with Crippen LogP contribution in [-0.2, 0) is 13.0 Å². The lowest BCUT2D eigenvalue weighted by Crippen LogP contribution is -2.29. The Kier molecular flexibility index (Phi) is 3.22. The number of fused-ring (bicyclic) bond motifs is 4. The molecular formula is C20H18FN3O2. The van der Waals surface area contributed by atoms with Crippen molar-refractivity contribution in [2.24, 2.45) is 0 Å². The van der Waals surface area contributed by atoms with Crippen LogP contribution in [0.3, 0.4) is 0 Å². The summed E-state index contributed by atoms with van der Waals surface area (Å²) >= 11 is 0. The molecule has 0 spiro atoms. The van der Waals surface area contributed by atoms with Crippen LogP contribution >= 0.6 is 0 Å². The summed E-state index contributed by atoms with van der Waals surface area (Å²) in [6.07, 6.45) is 0.797. The third-order valence-corrected chi connectivity index (χ3v) is 4.90. The van der Waals surface area contributed by atoms with E-state index in [1.807, 2.05) is 37.2 Å². The van der Waals surface area contributed by atoms with Gasteiger partial charge in [-0.25, -0.2) is 4.39 Å². The van der Waals surface area contributed by atoms with E-state index in [2.05, 4.69) is 9.88 Å². The molecule has 5 rings (SSSR count). The molecule has 0 amide bonds. The maximum atomic E-state index is 13.7. The van der Waals surface area contributed by atoms with Crippen LogP contribution in [-0.4, -0.2) is 25.6 Å². The average molecular weight is 351 g/mol. The van der Waals surface area contributed by atoms with Gasteiger partial charge in [0.2, 0.25) is 0 Å². The van der Waals surface area contributed by atoms with Gasteiger partial charge in [-0.1, -0.05) is 0 Å². The van der Waals surface area contributed by atoms with Crippen LogP contribution in [0.25, 0.3) is 22.1 Å². The lowest BCUT2D eigenvalue weighted by Gasteiger charge is -2.28. The molecule has 4 aromatic rings. The van der Waals surface area contributed by atoms with Gasteiger partial charge in [-0.3, -0.25) is 0 Å². The smallest absolute Gasteiger partial charge is 0.297 e. The van der Waals surface area contributed by atoms with Crippen LogP contribution in [0.1, 0.15) is 11.3 Å². The molecule has 6 heteroatoms. The van der Waals surface area contributed by atoms with Crippen LogP contribution in [0.4, 0.5) is 16.1 Å². The summed E-state index contributed by atoms with van der Waals surface area (Å²) in [5, 5.41) is 0.863. The number of anilines is 2. The fourth-order valence-electron chi connectivity index (χ4n) is 3.57. The van der Waals surface area contributed by atoms with Crippen LogP contribution in [0, 0.1) is 5.82 Å². The highest BCUT2D eigenvalue weighted by Gasteiger charge is 2.23. The fraction of sp³-hybridized carbons (Fsp3) is 0.250. The molecule has 0 radical (unpaired) electrons. The third-order valence-electron chi connectivity index (χ3n) is 4.90. The molecule has 1 aliphatic heterocycles. The van der Waals surface area contributed by atoms with E-state index in [1.165, 1.54) is 6.07 Å². The fourth-order valence-corrected chi connectivity index (χ4v) is 3.57. The monoisotopic (exact) mass is 351 g/mol. The summed E-state index contributed by atoms with van der Waals surface area (Å²) in [5.74, 6) is 0.720. The number of aromatic nitrogens is 1. The zero-order valence-corrected chi connectivity index (χ0v) is 14.6. The third kappa shape index (κ3) is 2.33. The Morgan fingerprint density at radius 2 is 1.92 bits per heavy atom. The second kappa shape index (κ2) is 5.49. The molecule has 0 fully saturated rings. The van der Waals surface area contributed by atoms with Crippen LogP contribution in [0.5, 0.6) is 0 Å². The minimum absolute atomic E-state index is 0.238. The molecule has 0 saturated carbocycles. The van der Waals surface area contributed by atoms with Crippen molar-refractivity contribution in [1.82, 2.24) is 4.98 Å². The van der Waals surface area contributed by atoms with Crippen molar-refractivity contribution in [1.29, 1.82) is 0 Å². The Bertz CT molecular complexity index is 1130. The molecule has 0 unspecified atom stereocenters. The highest BCUT2D eigenvalue weighted by molar-refractivity contribution is 5.84. The van der Waals surface area contributed by atoms with Crippen molar-refractivity contribution in [3.8, 4) is 0 Å². The topological polar surface area (TPSA) is 45.7 Å². The molecule has 0 atom stereocenters. The van der Waals surface area contributed by atoms with Crippen LogP contribution in [0.15, 0.2) is 45.2 Å². The molecular weight excluding hydrogens is 333 g/mol. The standard InChI is InChI=1S/C20H18FN3O2/c1-23(2)20-22-16-10-13(4-6-19(16)26-20)24-8-7-18-15(11-24)14-9-12(21)3-5-17(14)25-18/h3-6,9-10H,7-8,11H2,1-2H3. The van der Waals surface area contributed by atoms with E-state index < -0.39 is 0 Å². The number of benzene rings is 2. The maximum Gasteiger partial charge on any atom is 0.297 e. The van der Waals surface area contributed by atoms with Crippen molar-refractivity contribution >= 4 is 33.8 Å². The Labute approximate surface area is 149 Å².